The molecule has 0 amide bonds. The summed E-state index contributed by atoms with van der Waals surface area (Å²) in [6.45, 7) is 1.72. The zero-order chi connectivity index (χ0) is 11.1. The number of hydrogen-bond acceptors (Lipinski definition) is 5. The van der Waals surface area contributed by atoms with Gasteiger partial charge in [0.2, 0.25) is 0 Å². The van der Waals surface area contributed by atoms with E-state index in [9.17, 15) is 9.59 Å². The lowest BCUT2D eigenvalue weighted by atomic mass is 10.1. The van der Waals surface area contributed by atoms with E-state index in [-0.39, 0.29) is 24.3 Å². The summed E-state index contributed by atoms with van der Waals surface area (Å²) in [6.07, 6.45) is 0.680. The van der Waals surface area contributed by atoms with Gasteiger partial charge in [0.15, 0.2) is 0 Å². The van der Waals surface area contributed by atoms with Crippen LogP contribution in [0.4, 0.5) is 0 Å². The second kappa shape index (κ2) is 6.37. The highest BCUT2D eigenvalue weighted by molar-refractivity contribution is 5.73. The quantitative estimate of drug-likeness (QED) is 0.483. The lowest BCUT2D eigenvalue weighted by molar-refractivity contribution is -0.183. The van der Waals surface area contributed by atoms with Crippen molar-refractivity contribution in [3.05, 3.63) is 0 Å². The molecule has 0 bridgehead atoms. The van der Waals surface area contributed by atoms with E-state index in [1.807, 2.05) is 0 Å². The van der Waals surface area contributed by atoms with Crippen LogP contribution in [0.5, 0.6) is 0 Å². The van der Waals surface area contributed by atoms with Crippen molar-refractivity contribution in [2.24, 2.45) is 5.92 Å². The average Bonchev–Trinajstić information content (AvgIpc) is 2.12. The van der Waals surface area contributed by atoms with E-state index in [4.69, 9.17) is 4.84 Å². The lowest BCUT2D eigenvalue weighted by Gasteiger charge is -2.14. The Morgan fingerprint density at radius 2 is 1.93 bits per heavy atom. The molecular weight excluding hydrogens is 186 g/mol. The standard InChI is InChI=1S/C9H17NO4/c1-7(5-6-8(11)13-4)9(12)14-10(2)3/h7H,5-6H2,1-4H3. The van der Waals surface area contributed by atoms with E-state index in [0.717, 1.165) is 0 Å². The molecule has 5 nitrogen and oxygen atoms in total. The van der Waals surface area contributed by atoms with Crippen LogP contribution >= 0.6 is 0 Å². The van der Waals surface area contributed by atoms with Crippen LogP contribution in [0.2, 0.25) is 0 Å². The normalized spacial score (nSPS) is 12.4. The second-order valence-electron chi connectivity index (χ2n) is 3.24. The Bertz CT molecular complexity index is 203. The van der Waals surface area contributed by atoms with Gasteiger partial charge in [-0.05, 0) is 6.42 Å². The van der Waals surface area contributed by atoms with Crippen molar-refractivity contribution >= 4 is 11.9 Å². The van der Waals surface area contributed by atoms with E-state index in [1.165, 1.54) is 12.2 Å². The fourth-order valence-corrected chi connectivity index (χ4v) is 0.824. The molecule has 0 aromatic heterocycles. The number of hydrogen-bond donors (Lipinski definition) is 0. The maximum atomic E-state index is 11.2. The van der Waals surface area contributed by atoms with Crippen LogP contribution in [0.3, 0.4) is 0 Å². The first-order valence-electron chi connectivity index (χ1n) is 4.43. The molecule has 0 aliphatic carbocycles. The third-order valence-electron chi connectivity index (χ3n) is 1.68. The number of nitrogens with zero attached hydrogens (tertiary/aromatic N) is 1. The van der Waals surface area contributed by atoms with Crippen LogP contribution in [-0.4, -0.2) is 38.2 Å². The summed E-state index contributed by atoms with van der Waals surface area (Å²) in [6, 6.07) is 0. The summed E-state index contributed by atoms with van der Waals surface area (Å²) in [4.78, 5) is 26.8. The Balaban J connectivity index is 3.78. The number of ether oxygens (including phenoxy) is 1. The molecule has 0 saturated carbocycles. The Morgan fingerprint density at radius 1 is 1.36 bits per heavy atom. The Kier molecular flexibility index (Phi) is 5.87. The third kappa shape index (κ3) is 5.53. The molecule has 0 fully saturated rings. The van der Waals surface area contributed by atoms with Crippen LogP contribution < -0.4 is 0 Å². The molecule has 0 aliphatic heterocycles. The first kappa shape index (κ1) is 12.9. The molecule has 14 heavy (non-hydrogen) atoms. The van der Waals surface area contributed by atoms with E-state index >= 15 is 0 Å². The maximum absolute atomic E-state index is 11.2. The second-order valence-corrected chi connectivity index (χ2v) is 3.24. The molecule has 1 unspecified atom stereocenters. The summed E-state index contributed by atoms with van der Waals surface area (Å²) in [7, 11) is 4.58. The van der Waals surface area contributed by atoms with Gasteiger partial charge in [-0.15, -0.1) is 5.06 Å². The molecule has 0 rings (SSSR count). The third-order valence-corrected chi connectivity index (χ3v) is 1.68. The molecule has 82 valence electrons. The largest absolute Gasteiger partial charge is 0.469 e. The van der Waals surface area contributed by atoms with Crippen molar-refractivity contribution in [3.8, 4) is 0 Å². The molecule has 5 heteroatoms. The van der Waals surface area contributed by atoms with Gasteiger partial charge in [0.05, 0.1) is 13.0 Å². The topological polar surface area (TPSA) is 55.8 Å². The van der Waals surface area contributed by atoms with E-state index in [0.29, 0.717) is 6.42 Å². The fraction of sp³-hybridized carbons (Fsp3) is 0.778. The number of carbonyl (C=O) groups is 2. The van der Waals surface area contributed by atoms with Crippen molar-refractivity contribution in [2.45, 2.75) is 19.8 Å². The SMILES string of the molecule is COC(=O)CCC(C)C(=O)ON(C)C. The summed E-state index contributed by atoms with van der Waals surface area (Å²) in [5, 5.41) is 1.33. The Morgan fingerprint density at radius 3 is 2.36 bits per heavy atom. The number of methoxy groups -OCH3 is 1. The van der Waals surface area contributed by atoms with Crippen molar-refractivity contribution in [2.75, 3.05) is 21.2 Å². The van der Waals surface area contributed by atoms with Crippen molar-refractivity contribution in [1.29, 1.82) is 0 Å². The van der Waals surface area contributed by atoms with Crippen LogP contribution in [0.15, 0.2) is 0 Å². The zero-order valence-corrected chi connectivity index (χ0v) is 9.07. The van der Waals surface area contributed by atoms with Crippen LogP contribution in [-0.2, 0) is 19.2 Å². The highest BCUT2D eigenvalue weighted by Crippen LogP contribution is 2.08. The van der Waals surface area contributed by atoms with E-state index < -0.39 is 0 Å². The molecule has 0 aromatic rings. The number of carbonyl (C=O) groups excluding carboxylic acids is 2. The highest BCUT2D eigenvalue weighted by atomic mass is 16.7. The minimum atomic E-state index is -0.334. The molecule has 0 aliphatic rings. The van der Waals surface area contributed by atoms with Crippen LogP contribution in [0.25, 0.3) is 0 Å². The van der Waals surface area contributed by atoms with Gasteiger partial charge in [-0.3, -0.25) is 9.59 Å². The molecule has 1 atom stereocenters. The minimum absolute atomic E-state index is 0.236. The van der Waals surface area contributed by atoms with Crippen LogP contribution in [0, 0.1) is 5.92 Å². The lowest BCUT2D eigenvalue weighted by Crippen LogP contribution is -2.24. The molecule has 0 spiro atoms. The maximum Gasteiger partial charge on any atom is 0.327 e. The van der Waals surface area contributed by atoms with Crippen molar-refractivity contribution in [3.63, 3.8) is 0 Å². The average molecular weight is 203 g/mol. The zero-order valence-electron chi connectivity index (χ0n) is 9.07. The molecule has 0 heterocycles. The smallest absolute Gasteiger partial charge is 0.327 e. The van der Waals surface area contributed by atoms with Gasteiger partial charge in [-0.1, -0.05) is 6.92 Å². The van der Waals surface area contributed by atoms with Gasteiger partial charge in [0, 0.05) is 20.5 Å². The highest BCUT2D eigenvalue weighted by Gasteiger charge is 2.17. The first-order chi connectivity index (χ1) is 6.47. The van der Waals surface area contributed by atoms with Gasteiger partial charge >= 0.3 is 11.9 Å². The van der Waals surface area contributed by atoms with Gasteiger partial charge in [-0.25, -0.2) is 0 Å². The molecule has 0 saturated heterocycles. The monoisotopic (exact) mass is 203 g/mol. The predicted octanol–water partition coefficient (Wildman–Crippen LogP) is 0.595. The predicted molar refractivity (Wildman–Crippen MR) is 50.2 cm³/mol. The summed E-state index contributed by atoms with van der Waals surface area (Å²) in [5.74, 6) is -0.940. The van der Waals surface area contributed by atoms with Gasteiger partial charge in [-0.2, -0.15) is 0 Å². The van der Waals surface area contributed by atoms with Crippen molar-refractivity contribution in [1.82, 2.24) is 5.06 Å². The summed E-state index contributed by atoms with van der Waals surface area (Å²) in [5.41, 5.74) is 0. The number of esters is 1. The van der Waals surface area contributed by atoms with Crippen molar-refractivity contribution < 1.29 is 19.2 Å². The number of rotatable bonds is 5. The van der Waals surface area contributed by atoms with E-state index in [2.05, 4.69) is 4.74 Å². The Labute approximate surface area is 83.9 Å². The van der Waals surface area contributed by atoms with Gasteiger partial charge in [0.1, 0.15) is 0 Å². The molecular formula is C9H17NO4. The fourth-order valence-electron chi connectivity index (χ4n) is 0.824. The van der Waals surface area contributed by atoms with Crippen LogP contribution in [0.1, 0.15) is 19.8 Å². The number of hydroxylamine groups is 2. The first-order valence-corrected chi connectivity index (χ1v) is 4.43. The minimum Gasteiger partial charge on any atom is -0.469 e. The molecule has 0 aromatic carbocycles. The summed E-state index contributed by atoms with van der Waals surface area (Å²) < 4.78 is 4.46. The Hall–Kier alpha value is -1.10. The van der Waals surface area contributed by atoms with Gasteiger partial charge in [0.25, 0.3) is 0 Å². The molecule has 0 N–H and O–H groups in total. The van der Waals surface area contributed by atoms with Gasteiger partial charge < -0.3 is 9.57 Å². The van der Waals surface area contributed by atoms with E-state index in [1.54, 1.807) is 21.0 Å². The molecule has 0 radical (unpaired) electrons. The summed E-state index contributed by atoms with van der Waals surface area (Å²) >= 11 is 0.